The fourth-order valence-electron chi connectivity index (χ4n) is 4.50. The number of aliphatic hydroxyl groups is 2. The van der Waals surface area contributed by atoms with Crippen molar-refractivity contribution in [1.29, 1.82) is 0 Å². The first-order valence-corrected chi connectivity index (χ1v) is 11.3. The first-order valence-electron chi connectivity index (χ1n) is 11.3. The smallest absolute Gasteiger partial charge is 0.339 e. The fraction of sp³-hybridized carbons (Fsp3) is 0.423. The molecule has 1 aliphatic rings. The van der Waals surface area contributed by atoms with Gasteiger partial charge in [-0.15, -0.1) is 0 Å². The van der Waals surface area contributed by atoms with E-state index in [9.17, 15) is 15.0 Å². The highest BCUT2D eigenvalue weighted by molar-refractivity contribution is 5.86. The van der Waals surface area contributed by atoms with Crippen LogP contribution in [-0.4, -0.2) is 35.2 Å². The highest BCUT2D eigenvalue weighted by Gasteiger charge is 2.24. The van der Waals surface area contributed by atoms with Crippen molar-refractivity contribution in [3.05, 3.63) is 75.1 Å². The molecule has 4 rings (SSSR count). The van der Waals surface area contributed by atoms with Crippen LogP contribution in [0.5, 0.6) is 5.75 Å². The zero-order valence-electron chi connectivity index (χ0n) is 18.6. The summed E-state index contributed by atoms with van der Waals surface area (Å²) in [5.74, 6) is 0.758. The summed E-state index contributed by atoms with van der Waals surface area (Å²) in [5, 5.41) is 25.3. The van der Waals surface area contributed by atoms with Gasteiger partial charge in [0, 0.05) is 23.4 Å². The third-order valence-corrected chi connectivity index (χ3v) is 6.04. The Bertz CT molecular complexity index is 1120. The summed E-state index contributed by atoms with van der Waals surface area (Å²) in [6.07, 6.45) is 1.68. The van der Waals surface area contributed by atoms with E-state index in [2.05, 4.69) is 5.32 Å². The Labute approximate surface area is 187 Å². The van der Waals surface area contributed by atoms with Crippen LogP contribution in [-0.2, 0) is 19.3 Å². The molecule has 0 radical (unpaired) electrons. The first-order chi connectivity index (χ1) is 15.4. The summed E-state index contributed by atoms with van der Waals surface area (Å²) in [6, 6.07) is 13.2. The van der Waals surface area contributed by atoms with E-state index in [0.717, 1.165) is 59.1 Å². The van der Waals surface area contributed by atoms with E-state index in [1.165, 1.54) is 0 Å². The number of fused-ring (bicyclic) bond motifs is 3. The largest absolute Gasteiger partial charge is 0.492 e. The molecule has 6 heteroatoms. The van der Waals surface area contributed by atoms with E-state index >= 15 is 0 Å². The van der Waals surface area contributed by atoms with Gasteiger partial charge in [0.05, 0.1) is 6.10 Å². The van der Waals surface area contributed by atoms with Crippen molar-refractivity contribution in [2.24, 2.45) is 0 Å². The molecule has 0 saturated carbocycles. The van der Waals surface area contributed by atoms with E-state index in [-0.39, 0.29) is 18.1 Å². The molecule has 32 heavy (non-hydrogen) atoms. The number of rotatable bonds is 8. The fourth-order valence-corrected chi connectivity index (χ4v) is 4.50. The first kappa shape index (κ1) is 22.5. The van der Waals surface area contributed by atoms with Gasteiger partial charge >= 0.3 is 5.63 Å². The predicted octanol–water partition coefficient (Wildman–Crippen LogP) is 3.26. The van der Waals surface area contributed by atoms with E-state index in [4.69, 9.17) is 9.15 Å². The Hall–Kier alpha value is -2.67. The van der Waals surface area contributed by atoms with Crippen molar-refractivity contribution < 1.29 is 19.4 Å². The van der Waals surface area contributed by atoms with Gasteiger partial charge < -0.3 is 19.4 Å². The van der Waals surface area contributed by atoms with Crippen molar-refractivity contribution in [3.63, 3.8) is 0 Å². The second kappa shape index (κ2) is 9.86. The van der Waals surface area contributed by atoms with Crippen LogP contribution in [0.25, 0.3) is 11.0 Å². The number of hydrogen-bond donors (Lipinski definition) is 3. The number of nitrogens with one attached hydrogen (secondary N) is 1. The van der Waals surface area contributed by atoms with Crippen LogP contribution >= 0.6 is 0 Å². The minimum Gasteiger partial charge on any atom is -0.492 e. The van der Waals surface area contributed by atoms with Crippen LogP contribution in [0.2, 0.25) is 0 Å². The molecule has 0 amide bonds. The van der Waals surface area contributed by atoms with Crippen LogP contribution in [0.1, 0.15) is 42.0 Å². The predicted molar refractivity (Wildman–Crippen MR) is 124 cm³/mol. The summed E-state index contributed by atoms with van der Waals surface area (Å²) in [5.41, 5.74) is 3.95. The lowest BCUT2D eigenvalue weighted by atomic mass is 9.87. The minimum atomic E-state index is -1.12. The van der Waals surface area contributed by atoms with E-state index in [1.807, 2.05) is 56.3 Å². The molecule has 0 bridgehead atoms. The topological polar surface area (TPSA) is 91.9 Å². The molecule has 0 aliphatic heterocycles. The minimum absolute atomic E-state index is 0.167. The summed E-state index contributed by atoms with van der Waals surface area (Å²) >= 11 is 0. The van der Waals surface area contributed by atoms with Crippen molar-refractivity contribution in [3.8, 4) is 5.75 Å². The lowest BCUT2D eigenvalue weighted by Crippen LogP contribution is -2.47. The quantitative estimate of drug-likeness (QED) is 0.370. The Morgan fingerprint density at radius 3 is 2.56 bits per heavy atom. The maximum Gasteiger partial charge on any atom is 0.339 e. The lowest BCUT2D eigenvalue weighted by Gasteiger charge is -2.25. The molecule has 0 spiro atoms. The summed E-state index contributed by atoms with van der Waals surface area (Å²) in [7, 11) is 0. The van der Waals surface area contributed by atoms with Gasteiger partial charge in [-0.25, -0.2) is 4.79 Å². The third kappa shape index (κ3) is 5.04. The monoisotopic (exact) mass is 437 g/mol. The number of para-hydroxylation sites is 1. The molecule has 6 nitrogen and oxygen atoms in total. The molecule has 3 N–H and O–H groups in total. The summed E-state index contributed by atoms with van der Waals surface area (Å²) in [4.78, 5) is 12.4. The van der Waals surface area contributed by atoms with E-state index < -0.39 is 12.3 Å². The number of hydrogen-bond acceptors (Lipinski definition) is 6. The van der Waals surface area contributed by atoms with Gasteiger partial charge in [0.2, 0.25) is 0 Å². The molecule has 3 atom stereocenters. The summed E-state index contributed by atoms with van der Waals surface area (Å²) in [6.45, 7) is 4.19. The van der Waals surface area contributed by atoms with Gasteiger partial charge in [-0.05, 0) is 74.4 Å². The third-order valence-electron chi connectivity index (χ3n) is 6.04. The highest BCUT2D eigenvalue weighted by atomic mass is 16.5. The molecular formula is C26H31NO5. The summed E-state index contributed by atoms with van der Waals surface area (Å²) < 4.78 is 11.3. The highest BCUT2D eigenvalue weighted by Crippen LogP contribution is 2.31. The average molecular weight is 438 g/mol. The molecule has 1 aliphatic carbocycles. The maximum atomic E-state index is 12.4. The van der Waals surface area contributed by atoms with Gasteiger partial charge in [0.25, 0.3) is 0 Å². The molecular weight excluding hydrogens is 406 g/mol. The SMILES string of the molecule is Cc1cc(CC(O)C(O)NC(C)COc2ccccc2)c2c3c(c(=O)oc2c1)CCCC3. The van der Waals surface area contributed by atoms with Crippen LogP contribution in [0.15, 0.2) is 51.7 Å². The standard InChI is InChI=1S/C26H31NO5/c1-16-12-18(24-20-10-6-7-11-21(20)26(30)32-23(24)13-16)14-22(28)25(29)27-17(2)15-31-19-8-4-3-5-9-19/h3-5,8-9,12-13,17,22,25,27-29H,6-7,10-11,14-15H2,1-2H3. The zero-order valence-corrected chi connectivity index (χ0v) is 18.6. The van der Waals surface area contributed by atoms with Crippen LogP contribution in [0.3, 0.4) is 0 Å². The van der Waals surface area contributed by atoms with Crippen molar-refractivity contribution >= 4 is 11.0 Å². The number of aliphatic hydroxyl groups excluding tert-OH is 2. The van der Waals surface area contributed by atoms with E-state index in [0.29, 0.717) is 12.2 Å². The Morgan fingerprint density at radius 1 is 1.09 bits per heavy atom. The molecule has 170 valence electrons. The van der Waals surface area contributed by atoms with Crippen LogP contribution in [0.4, 0.5) is 0 Å². The molecule has 3 aromatic rings. The van der Waals surface area contributed by atoms with Crippen molar-refractivity contribution in [2.75, 3.05) is 6.61 Å². The number of benzene rings is 2. The Balaban J connectivity index is 1.49. The normalized spacial score (nSPS) is 16.4. The molecule has 3 unspecified atom stereocenters. The van der Waals surface area contributed by atoms with E-state index in [1.54, 1.807) is 0 Å². The Kier molecular flexibility index (Phi) is 6.94. The molecule has 0 fully saturated rings. The second-order valence-electron chi connectivity index (χ2n) is 8.76. The maximum absolute atomic E-state index is 12.4. The molecule has 0 saturated heterocycles. The van der Waals surface area contributed by atoms with Crippen molar-refractivity contribution in [1.82, 2.24) is 5.32 Å². The van der Waals surface area contributed by atoms with Gasteiger partial charge in [-0.2, -0.15) is 0 Å². The molecule has 1 heterocycles. The number of ether oxygens (including phenoxy) is 1. The van der Waals surface area contributed by atoms with Crippen molar-refractivity contribution in [2.45, 2.75) is 64.3 Å². The Morgan fingerprint density at radius 2 is 1.81 bits per heavy atom. The van der Waals surface area contributed by atoms with Gasteiger partial charge in [-0.3, -0.25) is 5.32 Å². The van der Waals surface area contributed by atoms with Crippen LogP contribution in [0, 0.1) is 6.92 Å². The molecule has 1 aromatic heterocycles. The van der Waals surface area contributed by atoms with Gasteiger partial charge in [-0.1, -0.05) is 24.3 Å². The van der Waals surface area contributed by atoms with Gasteiger partial charge in [0.1, 0.15) is 24.2 Å². The number of aryl methyl sites for hydroxylation is 2. The second-order valence-corrected chi connectivity index (χ2v) is 8.76. The van der Waals surface area contributed by atoms with Gasteiger partial charge in [0.15, 0.2) is 0 Å². The lowest BCUT2D eigenvalue weighted by molar-refractivity contribution is -0.01000. The zero-order chi connectivity index (χ0) is 22.7. The average Bonchev–Trinajstić information content (AvgIpc) is 2.78. The van der Waals surface area contributed by atoms with Crippen LogP contribution < -0.4 is 15.7 Å². The molecule has 2 aromatic carbocycles.